The molecule has 0 saturated carbocycles. The van der Waals surface area contributed by atoms with Crippen molar-refractivity contribution in [1.82, 2.24) is 4.90 Å². The molecule has 0 spiro atoms. The minimum absolute atomic E-state index is 0.251. The number of carbonyl (C=O) groups excluding carboxylic acids is 4. The summed E-state index contributed by atoms with van der Waals surface area (Å²) in [7, 11) is 0. The molecule has 2 aromatic rings. The number of hydrogen-bond donors (Lipinski definition) is 1. The minimum atomic E-state index is -0.837. The van der Waals surface area contributed by atoms with E-state index in [1.165, 1.54) is 12.1 Å². The lowest BCUT2D eigenvalue weighted by atomic mass is 10.1. The van der Waals surface area contributed by atoms with Gasteiger partial charge in [-0.15, -0.1) is 0 Å². The van der Waals surface area contributed by atoms with Gasteiger partial charge >= 0.3 is 5.97 Å². The first kappa shape index (κ1) is 22.0. The number of hydrogen-bond acceptors (Lipinski definition) is 6. The van der Waals surface area contributed by atoms with Gasteiger partial charge in [0.2, 0.25) is 0 Å². The molecule has 31 heavy (non-hydrogen) atoms. The Balaban J connectivity index is 1.49. The number of nitrogens with one attached hydrogen (secondary N) is 1. The summed E-state index contributed by atoms with van der Waals surface area (Å²) in [5, 5.41) is 2.65. The maximum Gasteiger partial charge on any atom is 0.326 e. The van der Waals surface area contributed by atoms with E-state index in [4.69, 9.17) is 4.74 Å². The molecular formula is C23H25N3O5. The molecule has 0 saturated heterocycles. The van der Waals surface area contributed by atoms with Gasteiger partial charge in [0.25, 0.3) is 17.7 Å². The number of fused-ring (bicyclic) bond motifs is 1. The van der Waals surface area contributed by atoms with Crippen molar-refractivity contribution in [2.24, 2.45) is 0 Å². The fraction of sp³-hybridized carbons (Fsp3) is 0.304. The maximum absolute atomic E-state index is 12.3. The average molecular weight is 423 g/mol. The molecule has 1 heterocycles. The molecule has 1 aliphatic heterocycles. The maximum atomic E-state index is 12.3. The van der Waals surface area contributed by atoms with Crippen LogP contribution in [0.3, 0.4) is 0 Å². The van der Waals surface area contributed by atoms with Crippen LogP contribution in [-0.2, 0) is 14.3 Å². The number of imide groups is 1. The van der Waals surface area contributed by atoms with Crippen molar-refractivity contribution in [3.8, 4) is 0 Å². The fourth-order valence-electron chi connectivity index (χ4n) is 3.48. The van der Waals surface area contributed by atoms with Crippen LogP contribution in [0.1, 0.15) is 41.5 Å². The number of nitrogens with zero attached hydrogens (tertiary/aromatic N) is 2. The summed E-state index contributed by atoms with van der Waals surface area (Å²) in [4.78, 5) is 51.7. The van der Waals surface area contributed by atoms with E-state index in [0.717, 1.165) is 17.1 Å². The average Bonchev–Trinajstić information content (AvgIpc) is 2.99. The summed E-state index contributed by atoms with van der Waals surface area (Å²) in [6, 6.07) is 14.1. The van der Waals surface area contributed by atoms with Crippen LogP contribution in [-0.4, -0.2) is 54.3 Å². The van der Waals surface area contributed by atoms with Gasteiger partial charge in [-0.2, -0.15) is 0 Å². The third-order valence-electron chi connectivity index (χ3n) is 4.98. The van der Waals surface area contributed by atoms with Crippen LogP contribution in [0, 0.1) is 0 Å². The highest BCUT2D eigenvalue weighted by Gasteiger charge is 2.36. The lowest BCUT2D eigenvalue weighted by Gasteiger charge is -2.27. The summed E-state index contributed by atoms with van der Waals surface area (Å²) in [6.45, 7) is 6.09. The smallest absolute Gasteiger partial charge is 0.326 e. The first-order chi connectivity index (χ1) is 14.8. The number of carbonyl (C=O) groups is 4. The molecule has 0 aliphatic carbocycles. The van der Waals surface area contributed by atoms with Crippen LogP contribution in [0.4, 0.5) is 11.4 Å². The lowest BCUT2D eigenvalue weighted by Crippen LogP contribution is -2.36. The first-order valence-electron chi connectivity index (χ1n) is 10.1. The predicted molar refractivity (Wildman–Crippen MR) is 116 cm³/mol. The Morgan fingerprint density at radius 3 is 2.10 bits per heavy atom. The molecule has 0 atom stereocenters. The molecule has 2 aromatic carbocycles. The topological polar surface area (TPSA) is 96.0 Å². The van der Waals surface area contributed by atoms with Gasteiger partial charge in [0, 0.05) is 24.0 Å². The second-order valence-electron chi connectivity index (χ2n) is 7.38. The summed E-state index contributed by atoms with van der Waals surface area (Å²) in [5.74, 6) is -2.45. The van der Waals surface area contributed by atoms with E-state index in [1.54, 1.807) is 24.3 Å². The molecule has 1 N–H and O–H groups in total. The van der Waals surface area contributed by atoms with Gasteiger partial charge in [-0.3, -0.25) is 24.1 Å². The Labute approximate surface area is 180 Å². The molecule has 0 radical (unpaired) electrons. The highest BCUT2D eigenvalue weighted by atomic mass is 16.5. The van der Waals surface area contributed by atoms with Crippen molar-refractivity contribution in [2.45, 2.75) is 26.8 Å². The standard InChI is InChI=1S/C23H25N3O5/c1-4-25(15(2)3)17-11-9-16(10-12-17)24-20(27)14-31-21(28)13-26-22(29)18-7-5-6-8-19(18)23(26)30/h5-12,15H,4,13-14H2,1-3H3,(H,24,27). The van der Waals surface area contributed by atoms with E-state index < -0.39 is 36.8 Å². The van der Waals surface area contributed by atoms with Crippen LogP contribution in [0.25, 0.3) is 0 Å². The summed E-state index contributed by atoms with van der Waals surface area (Å²) in [6.07, 6.45) is 0. The van der Waals surface area contributed by atoms with Gasteiger partial charge < -0.3 is 15.0 Å². The molecule has 162 valence electrons. The van der Waals surface area contributed by atoms with Crippen molar-refractivity contribution < 1.29 is 23.9 Å². The van der Waals surface area contributed by atoms with Gasteiger partial charge in [-0.05, 0) is 57.2 Å². The van der Waals surface area contributed by atoms with Gasteiger partial charge in [-0.1, -0.05) is 12.1 Å². The molecule has 3 amide bonds. The number of amides is 3. The Morgan fingerprint density at radius 1 is 1.00 bits per heavy atom. The Morgan fingerprint density at radius 2 is 1.58 bits per heavy atom. The predicted octanol–water partition coefficient (Wildman–Crippen LogP) is 2.70. The van der Waals surface area contributed by atoms with Gasteiger partial charge in [0.15, 0.2) is 6.61 Å². The quantitative estimate of drug-likeness (QED) is 0.518. The zero-order chi connectivity index (χ0) is 22.5. The molecule has 0 fully saturated rings. The largest absolute Gasteiger partial charge is 0.454 e. The number of rotatable bonds is 8. The number of ether oxygens (including phenoxy) is 1. The van der Waals surface area contributed by atoms with Gasteiger partial charge in [0.1, 0.15) is 6.54 Å². The number of benzene rings is 2. The highest BCUT2D eigenvalue weighted by molar-refractivity contribution is 6.22. The van der Waals surface area contributed by atoms with E-state index in [-0.39, 0.29) is 11.1 Å². The normalized spacial score (nSPS) is 12.7. The molecular weight excluding hydrogens is 398 g/mol. The van der Waals surface area contributed by atoms with E-state index >= 15 is 0 Å². The number of anilines is 2. The third kappa shape index (κ3) is 4.91. The summed E-state index contributed by atoms with van der Waals surface area (Å²) in [5.41, 5.74) is 2.12. The monoisotopic (exact) mass is 423 g/mol. The Hall–Kier alpha value is -3.68. The van der Waals surface area contributed by atoms with Gasteiger partial charge in [-0.25, -0.2) is 0 Å². The Kier molecular flexibility index (Phi) is 6.69. The summed E-state index contributed by atoms with van der Waals surface area (Å²) < 4.78 is 4.94. The van der Waals surface area contributed by atoms with Crippen molar-refractivity contribution in [3.05, 3.63) is 59.7 Å². The first-order valence-corrected chi connectivity index (χ1v) is 10.1. The van der Waals surface area contributed by atoms with E-state index in [1.807, 2.05) is 12.1 Å². The van der Waals surface area contributed by atoms with Crippen LogP contribution < -0.4 is 10.2 Å². The van der Waals surface area contributed by atoms with E-state index in [2.05, 4.69) is 31.0 Å². The number of esters is 1. The van der Waals surface area contributed by atoms with E-state index in [9.17, 15) is 19.2 Å². The van der Waals surface area contributed by atoms with Crippen LogP contribution in [0.2, 0.25) is 0 Å². The molecule has 0 bridgehead atoms. The molecule has 0 unspecified atom stereocenters. The molecule has 8 heteroatoms. The zero-order valence-electron chi connectivity index (χ0n) is 17.8. The van der Waals surface area contributed by atoms with Crippen LogP contribution >= 0.6 is 0 Å². The van der Waals surface area contributed by atoms with Crippen molar-refractivity contribution in [2.75, 3.05) is 29.9 Å². The Bertz CT molecular complexity index is 966. The van der Waals surface area contributed by atoms with E-state index in [0.29, 0.717) is 11.7 Å². The highest BCUT2D eigenvalue weighted by Crippen LogP contribution is 2.22. The molecule has 8 nitrogen and oxygen atoms in total. The SMILES string of the molecule is CCN(c1ccc(NC(=O)COC(=O)CN2C(=O)c3ccccc3C2=O)cc1)C(C)C. The van der Waals surface area contributed by atoms with Gasteiger partial charge in [0.05, 0.1) is 11.1 Å². The zero-order valence-corrected chi connectivity index (χ0v) is 17.8. The summed E-state index contributed by atoms with van der Waals surface area (Å²) >= 11 is 0. The van der Waals surface area contributed by atoms with Crippen molar-refractivity contribution >= 4 is 35.1 Å². The van der Waals surface area contributed by atoms with Crippen LogP contribution in [0.15, 0.2) is 48.5 Å². The second kappa shape index (κ2) is 9.42. The molecule has 3 rings (SSSR count). The van der Waals surface area contributed by atoms with Crippen molar-refractivity contribution in [3.63, 3.8) is 0 Å². The van der Waals surface area contributed by atoms with Crippen molar-refractivity contribution in [1.29, 1.82) is 0 Å². The third-order valence-corrected chi connectivity index (χ3v) is 4.98. The molecule has 0 aromatic heterocycles. The fourth-order valence-corrected chi connectivity index (χ4v) is 3.48. The minimum Gasteiger partial charge on any atom is -0.454 e. The van der Waals surface area contributed by atoms with Crippen LogP contribution in [0.5, 0.6) is 0 Å². The lowest BCUT2D eigenvalue weighted by molar-refractivity contribution is -0.147. The molecule has 1 aliphatic rings. The second-order valence-corrected chi connectivity index (χ2v) is 7.38.